The van der Waals surface area contributed by atoms with Crippen molar-refractivity contribution in [3.63, 3.8) is 0 Å². The molecule has 0 saturated carbocycles. The van der Waals surface area contributed by atoms with E-state index in [4.69, 9.17) is 0 Å². The molecule has 2 N–H and O–H groups in total. The van der Waals surface area contributed by atoms with Crippen LogP contribution < -0.4 is 9.62 Å². The molecular weight excluding hydrogens is 421 g/mol. The number of nitrogens with zero attached hydrogens (tertiary/aromatic N) is 1. The van der Waals surface area contributed by atoms with Crippen LogP contribution in [0.4, 0.5) is 18.9 Å². The summed E-state index contributed by atoms with van der Waals surface area (Å²) in [5.41, 5.74) is -0.919. The second-order valence-electron chi connectivity index (χ2n) is 7.00. The maximum absolute atomic E-state index is 13.2. The van der Waals surface area contributed by atoms with Crippen LogP contribution in [0.25, 0.3) is 11.1 Å². The molecule has 0 atom stereocenters. The maximum atomic E-state index is 13.2. The number of benzene rings is 2. The maximum Gasteiger partial charge on any atom is 0.416 e. The Labute approximate surface area is 172 Å². The Hall–Kier alpha value is -2.75. The van der Waals surface area contributed by atoms with E-state index in [0.29, 0.717) is 12.8 Å². The lowest BCUT2D eigenvalue weighted by molar-refractivity contribution is -0.137. The summed E-state index contributed by atoms with van der Waals surface area (Å²) in [6.45, 7) is 3.16. The number of phenols is 1. The fourth-order valence-corrected chi connectivity index (χ4v) is 5.08. The zero-order valence-electron chi connectivity index (χ0n) is 16.3. The van der Waals surface area contributed by atoms with Gasteiger partial charge in [0, 0.05) is 23.2 Å². The molecule has 6 nitrogen and oxygen atoms in total. The van der Waals surface area contributed by atoms with E-state index in [1.807, 2.05) is 13.8 Å². The quantitative estimate of drug-likeness (QED) is 0.736. The summed E-state index contributed by atoms with van der Waals surface area (Å²) in [6, 6.07) is 5.97. The largest absolute Gasteiger partial charge is 0.508 e. The summed E-state index contributed by atoms with van der Waals surface area (Å²) in [4.78, 5) is 12.1. The van der Waals surface area contributed by atoms with Crippen molar-refractivity contribution >= 4 is 21.6 Å². The molecule has 162 valence electrons. The van der Waals surface area contributed by atoms with Gasteiger partial charge in [0.25, 0.3) is 10.0 Å². The molecular formula is C20H21F3N2O4S. The van der Waals surface area contributed by atoms with Crippen molar-refractivity contribution in [2.24, 2.45) is 0 Å². The number of hydrogen-bond donors (Lipinski definition) is 2. The first-order valence-electron chi connectivity index (χ1n) is 9.35. The number of nitrogens with one attached hydrogen (secondary N) is 1. The van der Waals surface area contributed by atoms with Crippen LogP contribution in [0.5, 0.6) is 5.75 Å². The number of rotatable bonds is 5. The molecule has 2 aromatic carbocycles. The van der Waals surface area contributed by atoms with Gasteiger partial charge in [0.2, 0.25) is 5.91 Å². The first-order valence-corrected chi connectivity index (χ1v) is 10.8. The Bertz CT molecular complexity index is 1080. The average molecular weight is 442 g/mol. The van der Waals surface area contributed by atoms with E-state index in [1.54, 1.807) is 0 Å². The lowest BCUT2D eigenvalue weighted by Gasteiger charge is -2.32. The van der Waals surface area contributed by atoms with Gasteiger partial charge in [-0.1, -0.05) is 13.8 Å². The van der Waals surface area contributed by atoms with Crippen LogP contribution in [0.3, 0.4) is 0 Å². The summed E-state index contributed by atoms with van der Waals surface area (Å²) in [5, 5.41) is 12.5. The van der Waals surface area contributed by atoms with Crippen LogP contribution in [-0.2, 0) is 21.0 Å². The van der Waals surface area contributed by atoms with Crippen molar-refractivity contribution in [2.45, 2.75) is 43.8 Å². The second-order valence-corrected chi connectivity index (χ2v) is 8.83. The number of hydrogen-bond acceptors (Lipinski definition) is 4. The molecule has 30 heavy (non-hydrogen) atoms. The van der Waals surface area contributed by atoms with E-state index in [9.17, 15) is 31.5 Å². The first kappa shape index (κ1) is 21.9. The van der Waals surface area contributed by atoms with E-state index in [0.717, 1.165) is 28.6 Å². The van der Waals surface area contributed by atoms with Crippen LogP contribution in [0, 0.1) is 0 Å². The number of phenolic OH excluding ortho intramolecular Hbond substituents is 1. The summed E-state index contributed by atoms with van der Waals surface area (Å²) in [7, 11) is -4.28. The molecule has 2 aromatic rings. The first-order chi connectivity index (χ1) is 14.0. The van der Waals surface area contributed by atoms with Gasteiger partial charge < -0.3 is 10.4 Å². The normalized spacial score (nSPS) is 14.9. The summed E-state index contributed by atoms with van der Waals surface area (Å²) >= 11 is 0. The Morgan fingerprint density at radius 1 is 1.10 bits per heavy atom. The third kappa shape index (κ3) is 3.96. The highest BCUT2D eigenvalue weighted by Gasteiger charge is 2.39. The van der Waals surface area contributed by atoms with Crippen molar-refractivity contribution in [2.75, 3.05) is 10.8 Å². The van der Waals surface area contributed by atoms with Gasteiger partial charge in [-0.3, -0.25) is 9.10 Å². The molecule has 0 unspecified atom stereocenters. The monoisotopic (exact) mass is 442 g/mol. The molecule has 0 bridgehead atoms. The molecule has 0 fully saturated rings. The predicted octanol–water partition coefficient (Wildman–Crippen LogP) is 3.89. The van der Waals surface area contributed by atoms with Crippen molar-refractivity contribution < 1.29 is 31.5 Å². The molecule has 1 aliphatic heterocycles. The second kappa shape index (κ2) is 7.82. The standard InChI is InChI=1S/C20H21F3N2O4S/c1-3-13(4-2)24-19(27)11-25-17-8-5-12(20(21,22)23)9-16(17)15-7-6-14(26)10-18(15)30(25,28)29/h5-10,13,26H,3-4,11H2,1-2H3,(H,24,27). The van der Waals surface area contributed by atoms with E-state index < -0.39 is 34.2 Å². The van der Waals surface area contributed by atoms with Gasteiger partial charge in [0.15, 0.2) is 0 Å². The number of aromatic hydroxyl groups is 1. The smallest absolute Gasteiger partial charge is 0.416 e. The van der Waals surface area contributed by atoms with Gasteiger partial charge in [0.1, 0.15) is 12.3 Å². The van der Waals surface area contributed by atoms with Gasteiger partial charge in [-0.2, -0.15) is 13.2 Å². The Balaban J connectivity index is 2.14. The van der Waals surface area contributed by atoms with Gasteiger partial charge in [0.05, 0.1) is 16.1 Å². The van der Waals surface area contributed by atoms with Crippen LogP contribution >= 0.6 is 0 Å². The molecule has 10 heteroatoms. The van der Waals surface area contributed by atoms with Crippen molar-refractivity contribution in [3.05, 3.63) is 42.0 Å². The number of carbonyl (C=O) groups excluding carboxylic acids is 1. The summed E-state index contributed by atoms with van der Waals surface area (Å²) in [6.07, 6.45) is -3.32. The highest BCUT2D eigenvalue weighted by molar-refractivity contribution is 7.93. The zero-order valence-corrected chi connectivity index (χ0v) is 17.1. The number of sulfonamides is 1. The minimum absolute atomic E-state index is 0.0185. The molecule has 3 rings (SSSR count). The topological polar surface area (TPSA) is 86.7 Å². The molecule has 0 aliphatic carbocycles. The number of amides is 1. The molecule has 0 spiro atoms. The minimum atomic E-state index is -4.62. The molecule has 1 aliphatic rings. The fraction of sp³-hybridized carbons (Fsp3) is 0.350. The van der Waals surface area contributed by atoms with Crippen molar-refractivity contribution in [1.29, 1.82) is 0 Å². The lowest BCUT2D eigenvalue weighted by atomic mass is 10.00. The molecule has 0 aromatic heterocycles. The van der Waals surface area contributed by atoms with E-state index in [1.165, 1.54) is 12.1 Å². The Kier molecular flexibility index (Phi) is 5.72. The fourth-order valence-electron chi connectivity index (χ4n) is 3.41. The number of halogens is 3. The molecule has 0 saturated heterocycles. The van der Waals surface area contributed by atoms with Crippen molar-refractivity contribution in [1.82, 2.24) is 5.32 Å². The number of anilines is 1. The molecule has 1 heterocycles. The van der Waals surface area contributed by atoms with Crippen molar-refractivity contribution in [3.8, 4) is 16.9 Å². The summed E-state index contributed by atoms with van der Waals surface area (Å²) in [5.74, 6) is -0.920. The Morgan fingerprint density at radius 2 is 1.77 bits per heavy atom. The number of alkyl halides is 3. The minimum Gasteiger partial charge on any atom is -0.508 e. The average Bonchev–Trinajstić information content (AvgIpc) is 2.68. The zero-order chi connectivity index (χ0) is 22.3. The van der Waals surface area contributed by atoms with Crippen LogP contribution in [0.15, 0.2) is 41.3 Å². The third-order valence-electron chi connectivity index (χ3n) is 5.05. The van der Waals surface area contributed by atoms with Crippen LogP contribution in [0.2, 0.25) is 0 Å². The third-order valence-corrected chi connectivity index (χ3v) is 6.85. The van der Waals surface area contributed by atoms with Gasteiger partial charge in [-0.15, -0.1) is 0 Å². The Morgan fingerprint density at radius 3 is 2.37 bits per heavy atom. The molecule has 1 amide bonds. The summed E-state index contributed by atoms with van der Waals surface area (Å²) < 4.78 is 66.9. The van der Waals surface area contributed by atoms with E-state index in [-0.39, 0.29) is 33.5 Å². The predicted molar refractivity (Wildman–Crippen MR) is 106 cm³/mol. The molecule has 0 radical (unpaired) electrons. The van der Waals surface area contributed by atoms with Gasteiger partial charge in [-0.05, 0) is 43.2 Å². The van der Waals surface area contributed by atoms with Crippen LogP contribution in [0.1, 0.15) is 32.3 Å². The van der Waals surface area contributed by atoms with Gasteiger partial charge in [-0.25, -0.2) is 8.42 Å². The highest BCUT2D eigenvalue weighted by atomic mass is 32.2. The van der Waals surface area contributed by atoms with Gasteiger partial charge >= 0.3 is 6.18 Å². The SMILES string of the molecule is CCC(CC)NC(=O)CN1c2ccc(C(F)(F)F)cc2-c2ccc(O)cc2S1(=O)=O. The van der Waals surface area contributed by atoms with E-state index in [2.05, 4.69) is 5.32 Å². The van der Waals surface area contributed by atoms with Crippen LogP contribution in [-0.4, -0.2) is 32.0 Å². The number of carbonyl (C=O) groups is 1. The lowest BCUT2D eigenvalue weighted by Crippen LogP contribution is -2.45. The highest BCUT2D eigenvalue weighted by Crippen LogP contribution is 2.46. The van der Waals surface area contributed by atoms with E-state index >= 15 is 0 Å². The number of fused-ring (bicyclic) bond motifs is 3.